The van der Waals surface area contributed by atoms with Gasteiger partial charge in [-0.15, -0.1) is 0 Å². The number of hydrogen-bond acceptors (Lipinski definition) is 3. The summed E-state index contributed by atoms with van der Waals surface area (Å²) in [5.41, 5.74) is 2.95. The van der Waals surface area contributed by atoms with Gasteiger partial charge in [-0.3, -0.25) is 9.69 Å². The van der Waals surface area contributed by atoms with E-state index in [2.05, 4.69) is 43.8 Å². The summed E-state index contributed by atoms with van der Waals surface area (Å²) >= 11 is 6.93. The van der Waals surface area contributed by atoms with Gasteiger partial charge in [0.15, 0.2) is 0 Å². The molecule has 0 bridgehead atoms. The predicted octanol–water partition coefficient (Wildman–Crippen LogP) is 5.18. The minimum absolute atomic E-state index is 0.228. The molecular weight excluding hydrogens is 488 g/mol. The Hall–Kier alpha value is -2.38. The summed E-state index contributed by atoms with van der Waals surface area (Å²) in [5.74, 6) is 0.288. The Labute approximate surface area is 180 Å². The first-order chi connectivity index (χ1) is 13.4. The first-order valence-electron chi connectivity index (χ1n) is 8.52. The minimum atomic E-state index is -0.429. The zero-order valence-corrected chi connectivity index (χ0v) is 18.3. The first-order valence-corrected chi connectivity index (χ1v) is 10.1. The Balaban J connectivity index is 1.82. The van der Waals surface area contributed by atoms with Crippen molar-refractivity contribution in [2.24, 2.45) is 0 Å². The first kappa shape index (κ1) is 20.4. The molecule has 0 atom stereocenters. The normalized spacial score (nSPS) is 15.1. The van der Waals surface area contributed by atoms with Gasteiger partial charge in [-0.25, -0.2) is 4.79 Å². The second kappa shape index (κ2) is 8.75. The van der Waals surface area contributed by atoms with E-state index in [4.69, 9.17) is 4.74 Å². The minimum Gasteiger partial charge on any atom is -0.487 e. The number of nitrogens with one attached hydrogen (secondary N) is 1. The molecule has 2 aromatic rings. The number of carbonyl (C=O) groups excluding carboxylic acids is 2. The van der Waals surface area contributed by atoms with E-state index in [-0.39, 0.29) is 18.1 Å². The van der Waals surface area contributed by atoms with Crippen LogP contribution in [0.5, 0.6) is 5.75 Å². The van der Waals surface area contributed by atoms with Gasteiger partial charge in [0.1, 0.15) is 18.1 Å². The van der Waals surface area contributed by atoms with Gasteiger partial charge >= 0.3 is 6.03 Å². The van der Waals surface area contributed by atoms with Gasteiger partial charge in [-0.2, -0.15) is 0 Å². The summed E-state index contributed by atoms with van der Waals surface area (Å²) in [5, 5.41) is 2.65. The van der Waals surface area contributed by atoms with Crippen LogP contribution in [0.25, 0.3) is 6.08 Å². The zero-order valence-electron chi connectivity index (χ0n) is 15.2. The van der Waals surface area contributed by atoms with Crippen molar-refractivity contribution in [3.05, 3.63) is 80.4 Å². The molecule has 5 nitrogen and oxygen atoms in total. The van der Waals surface area contributed by atoms with E-state index in [1.54, 1.807) is 12.2 Å². The van der Waals surface area contributed by atoms with E-state index < -0.39 is 6.03 Å². The lowest BCUT2D eigenvalue weighted by molar-refractivity contribution is -0.123. The van der Waals surface area contributed by atoms with E-state index in [1.807, 2.05) is 43.3 Å². The van der Waals surface area contributed by atoms with E-state index >= 15 is 0 Å². The number of benzene rings is 2. The van der Waals surface area contributed by atoms with Gasteiger partial charge < -0.3 is 10.1 Å². The topological polar surface area (TPSA) is 58.6 Å². The van der Waals surface area contributed by atoms with Crippen molar-refractivity contribution in [1.29, 1.82) is 0 Å². The molecule has 0 unspecified atom stereocenters. The Bertz CT molecular complexity index is 962. The summed E-state index contributed by atoms with van der Waals surface area (Å²) in [6.45, 7) is 6.20. The molecule has 1 saturated heterocycles. The fourth-order valence-corrected chi connectivity index (χ4v) is 4.27. The summed E-state index contributed by atoms with van der Waals surface area (Å²) in [7, 11) is 0. The molecule has 7 heteroatoms. The quantitative estimate of drug-likeness (QED) is 0.334. The molecule has 1 fully saturated rings. The highest BCUT2D eigenvalue weighted by atomic mass is 79.9. The van der Waals surface area contributed by atoms with Crippen molar-refractivity contribution in [2.75, 3.05) is 6.61 Å². The van der Waals surface area contributed by atoms with Crippen LogP contribution in [0.3, 0.4) is 0 Å². The SMILES string of the molecule is C=CCOc1c(Br)cc(/C=C2\NC(=O)N(Cc3cccc(C)c3)C2=O)cc1Br. The third kappa shape index (κ3) is 4.54. The molecule has 0 radical (unpaired) electrons. The highest BCUT2D eigenvalue weighted by Crippen LogP contribution is 2.35. The lowest BCUT2D eigenvalue weighted by atomic mass is 10.1. The maximum atomic E-state index is 12.7. The monoisotopic (exact) mass is 504 g/mol. The smallest absolute Gasteiger partial charge is 0.329 e. The van der Waals surface area contributed by atoms with Crippen molar-refractivity contribution >= 4 is 49.9 Å². The second-order valence-electron chi connectivity index (χ2n) is 6.28. The number of urea groups is 1. The van der Waals surface area contributed by atoms with Crippen LogP contribution in [0, 0.1) is 6.92 Å². The molecule has 0 spiro atoms. The molecule has 3 rings (SSSR count). The molecule has 1 N–H and O–H groups in total. The van der Waals surface area contributed by atoms with E-state index in [1.165, 1.54) is 4.90 Å². The number of rotatable bonds is 6. The van der Waals surface area contributed by atoms with Crippen molar-refractivity contribution < 1.29 is 14.3 Å². The number of nitrogens with zero attached hydrogens (tertiary/aromatic N) is 1. The Morgan fingerprint density at radius 1 is 1.18 bits per heavy atom. The molecule has 28 heavy (non-hydrogen) atoms. The van der Waals surface area contributed by atoms with Crippen molar-refractivity contribution in [3.63, 3.8) is 0 Å². The maximum Gasteiger partial charge on any atom is 0.329 e. The van der Waals surface area contributed by atoms with Crippen LogP contribution in [-0.2, 0) is 11.3 Å². The number of aryl methyl sites for hydroxylation is 1. The fraction of sp³-hybridized carbons (Fsp3) is 0.143. The number of imide groups is 1. The second-order valence-corrected chi connectivity index (χ2v) is 7.99. The molecule has 144 valence electrons. The molecule has 1 heterocycles. The van der Waals surface area contributed by atoms with Crippen LogP contribution < -0.4 is 10.1 Å². The third-order valence-electron chi connectivity index (χ3n) is 4.06. The number of halogens is 2. The van der Waals surface area contributed by atoms with Crippen LogP contribution in [0.2, 0.25) is 0 Å². The average molecular weight is 506 g/mol. The molecule has 1 aliphatic rings. The predicted molar refractivity (Wildman–Crippen MR) is 116 cm³/mol. The van der Waals surface area contributed by atoms with Crippen LogP contribution >= 0.6 is 31.9 Å². The Morgan fingerprint density at radius 3 is 2.54 bits per heavy atom. The van der Waals surface area contributed by atoms with E-state index in [0.29, 0.717) is 12.4 Å². The van der Waals surface area contributed by atoms with Gasteiger partial charge in [0, 0.05) is 0 Å². The summed E-state index contributed by atoms with van der Waals surface area (Å²) < 4.78 is 7.05. The molecular formula is C21H18Br2N2O3. The van der Waals surface area contributed by atoms with Crippen molar-refractivity contribution in [2.45, 2.75) is 13.5 Å². The molecule has 0 saturated carbocycles. The Morgan fingerprint density at radius 2 is 1.89 bits per heavy atom. The molecule has 0 aliphatic carbocycles. The van der Waals surface area contributed by atoms with Gasteiger partial charge in [-0.1, -0.05) is 42.5 Å². The number of hydrogen-bond donors (Lipinski definition) is 1. The van der Waals surface area contributed by atoms with Gasteiger partial charge in [0.2, 0.25) is 0 Å². The third-order valence-corrected chi connectivity index (χ3v) is 5.24. The van der Waals surface area contributed by atoms with E-state index in [9.17, 15) is 9.59 Å². The van der Waals surface area contributed by atoms with Crippen LogP contribution in [0.15, 0.2) is 63.7 Å². The lowest BCUT2D eigenvalue weighted by Gasteiger charge is -2.12. The maximum absolute atomic E-state index is 12.7. The van der Waals surface area contributed by atoms with Gasteiger partial charge in [0.25, 0.3) is 5.91 Å². The summed E-state index contributed by atoms with van der Waals surface area (Å²) in [6.07, 6.45) is 3.30. The largest absolute Gasteiger partial charge is 0.487 e. The highest BCUT2D eigenvalue weighted by molar-refractivity contribution is 9.11. The van der Waals surface area contributed by atoms with Crippen LogP contribution in [0.1, 0.15) is 16.7 Å². The van der Waals surface area contributed by atoms with E-state index in [0.717, 1.165) is 25.6 Å². The number of amides is 3. The van der Waals surface area contributed by atoms with Crippen LogP contribution in [0.4, 0.5) is 4.79 Å². The average Bonchev–Trinajstić information content (AvgIpc) is 2.89. The zero-order chi connectivity index (χ0) is 20.3. The standard InChI is InChI=1S/C21H18Br2N2O3/c1-3-7-28-19-16(22)9-15(10-17(19)23)11-18-20(26)25(21(27)24-18)12-14-6-4-5-13(2)8-14/h3-6,8-11H,1,7,12H2,2H3,(H,24,27)/b18-11-. The highest BCUT2D eigenvalue weighted by Gasteiger charge is 2.33. The Kier molecular flexibility index (Phi) is 6.36. The van der Waals surface area contributed by atoms with Crippen LogP contribution in [-0.4, -0.2) is 23.4 Å². The fourth-order valence-electron chi connectivity index (χ4n) is 2.82. The molecule has 3 amide bonds. The number of ether oxygens (including phenoxy) is 1. The lowest BCUT2D eigenvalue weighted by Crippen LogP contribution is -2.30. The van der Waals surface area contributed by atoms with Crippen molar-refractivity contribution in [3.8, 4) is 5.75 Å². The molecule has 1 aliphatic heterocycles. The summed E-state index contributed by atoms with van der Waals surface area (Å²) in [6, 6.07) is 10.9. The van der Waals surface area contributed by atoms with Gasteiger partial charge in [0.05, 0.1) is 15.5 Å². The number of carbonyl (C=O) groups is 2. The molecule has 0 aromatic heterocycles. The van der Waals surface area contributed by atoms with Gasteiger partial charge in [-0.05, 0) is 68.1 Å². The summed E-state index contributed by atoms with van der Waals surface area (Å²) in [4.78, 5) is 26.2. The van der Waals surface area contributed by atoms with Crippen molar-refractivity contribution in [1.82, 2.24) is 10.2 Å². The molecule has 2 aromatic carbocycles.